The SMILES string of the molecule is CS(=O)(=O)N(CC(=O)NCCCN1CCc2ccccc21)c1ccc2c(c1)OCCO2. The predicted molar refractivity (Wildman–Crippen MR) is 120 cm³/mol. The quantitative estimate of drug-likeness (QED) is 0.624. The Morgan fingerprint density at radius 1 is 1.13 bits per heavy atom. The number of nitrogens with zero attached hydrogens (tertiary/aromatic N) is 2. The fourth-order valence-electron chi connectivity index (χ4n) is 3.91. The standard InChI is InChI=1S/C22H27N3O5S/c1-31(27,28)25(18-7-8-20-21(15-18)30-14-13-29-20)16-22(26)23-10-4-11-24-12-9-17-5-2-3-6-19(17)24/h2-3,5-8,15H,4,9-14,16H2,1H3,(H,23,26). The average molecular weight is 446 g/mol. The fourth-order valence-corrected chi connectivity index (χ4v) is 4.76. The smallest absolute Gasteiger partial charge is 0.240 e. The third-order valence-electron chi connectivity index (χ3n) is 5.41. The molecule has 0 unspecified atom stereocenters. The number of nitrogens with one attached hydrogen (secondary N) is 1. The molecule has 2 aliphatic heterocycles. The van der Waals surface area contributed by atoms with Crippen LogP contribution in [0.2, 0.25) is 0 Å². The van der Waals surface area contributed by atoms with Gasteiger partial charge in [0.1, 0.15) is 19.8 Å². The first-order valence-corrected chi connectivity index (χ1v) is 12.2. The van der Waals surface area contributed by atoms with Crippen LogP contribution in [-0.2, 0) is 21.2 Å². The number of amides is 1. The summed E-state index contributed by atoms with van der Waals surface area (Å²) in [5.74, 6) is 0.697. The maximum Gasteiger partial charge on any atom is 0.240 e. The molecule has 0 fully saturated rings. The maximum atomic E-state index is 12.5. The number of sulfonamides is 1. The van der Waals surface area contributed by atoms with Crippen molar-refractivity contribution in [2.24, 2.45) is 0 Å². The summed E-state index contributed by atoms with van der Waals surface area (Å²) >= 11 is 0. The number of benzene rings is 2. The molecule has 0 radical (unpaired) electrons. The van der Waals surface area contributed by atoms with E-state index in [2.05, 4.69) is 28.4 Å². The first-order valence-electron chi connectivity index (χ1n) is 10.4. The van der Waals surface area contributed by atoms with E-state index in [9.17, 15) is 13.2 Å². The topological polar surface area (TPSA) is 88.2 Å². The molecule has 166 valence electrons. The van der Waals surface area contributed by atoms with Crippen LogP contribution >= 0.6 is 0 Å². The lowest BCUT2D eigenvalue weighted by atomic mass is 10.2. The summed E-state index contributed by atoms with van der Waals surface area (Å²) in [5.41, 5.74) is 2.99. The second-order valence-corrected chi connectivity index (χ2v) is 9.57. The van der Waals surface area contributed by atoms with Gasteiger partial charge in [0.2, 0.25) is 15.9 Å². The van der Waals surface area contributed by atoms with E-state index in [0.29, 0.717) is 36.9 Å². The average Bonchev–Trinajstić information content (AvgIpc) is 3.17. The predicted octanol–water partition coefficient (Wildman–Crippen LogP) is 1.79. The molecule has 9 heteroatoms. The molecule has 0 saturated heterocycles. The summed E-state index contributed by atoms with van der Waals surface area (Å²) in [6, 6.07) is 13.2. The number of para-hydroxylation sites is 1. The van der Waals surface area contributed by atoms with Crippen LogP contribution in [0.4, 0.5) is 11.4 Å². The molecule has 0 saturated carbocycles. The Balaban J connectivity index is 1.31. The monoisotopic (exact) mass is 445 g/mol. The summed E-state index contributed by atoms with van der Waals surface area (Å²) in [4.78, 5) is 14.8. The third-order valence-corrected chi connectivity index (χ3v) is 6.55. The van der Waals surface area contributed by atoms with E-state index in [-0.39, 0.29) is 12.5 Å². The molecule has 0 aliphatic carbocycles. The van der Waals surface area contributed by atoms with Gasteiger partial charge in [-0.15, -0.1) is 0 Å². The van der Waals surface area contributed by atoms with Gasteiger partial charge < -0.3 is 19.7 Å². The highest BCUT2D eigenvalue weighted by Crippen LogP contribution is 2.34. The Kier molecular flexibility index (Phi) is 6.22. The molecular weight excluding hydrogens is 418 g/mol. The van der Waals surface area contributed by atoms with Gasteiger partial charge in [0.25, 0.3) is 0 Å². The van der Waals surface area contributed by atoms with E-state index in [1.54, 1.807) is 18.2 Å². The largest absolute Gasteiger partial charge is 0.486 e. The van der Waals surface area contributed by atoms with Crippen molar-refractivity contribution >= 4 is 27.3 Å². The molecule has 2 aliphatic rings. The van der Waals surface area contributed by atoms with Gasteiger partial charge in [-0.3, -0.25) is 9.10 Å². The number of fused-ring (bicyclic) bond motifs is 2. The fraction of sp³-hybridized carbons (Fsp3) is 0.409. The van der Waals surface area contributed by atoms with Crippen molar-refractivity contribution in [2.45, 2.75) is 12.8 Å². The molecule has 4 rings (SSSR count). The Labute approximate surface area is 182 Å². The van der Waals surface area contributed by atoms with Crippen molar-refractivity contribution in [3.8, 4) is 11.5 Å². The molecule has 0 spiro atoms. The van der Waals surface area contributed by atoms with Crippen LogP contribution in [0.15, 0.2) is 42.5 Å². The lowest BCUT2D eigenvalue weighted by Gasteiger charge is -2.25. The van der Waals surface area contributed by atoms with Crippen molar-refractivity contribution in [1.29, 1.82) is 0 Å². The lowest BCUT2D eigenvalue weighted by Crippen LogP contribution is -2.41. The Morgan fingerprint density at radius 2 is 1.90 bits per heavy atom. The molecule has 2 heterocycles. The van der Waals surface area contributed by atoms with Gasteiger partial charge in [-0.25, -0.2) is 8.42 Å². The highest BCUT2D eigenvalue weighted by Gasteiger charge is 2.23. The van der Waals surface area contributed by atoms with Crippen molar-refractivity contribution in [3.05, 3.63) is 48.0 Å². The molecule has 8 nitrogen and oxygen atoms in total. The number of carbonyl (C=O) groups excluding carboxylic acids is 1. The second kappa shape index (κ2) is 9.05. The molecule has 0 atom stereocenters. The van der Waals surface area contributed by atoms with Crippen molar-refractivity contribution in [2.75, 3.05) is 54.9 Å². The van der Waals surface area contributed by atoms with Gasteiger partial charge in [0.05, 0.1) is 11.9 Å². The first-order chi connectivity index (χ1) is 14.9. The van der Waals surface area contributed by atoms with E-state index in [4.69, 9.17) is 9.47 Å². The summed E-state index contributed by atoms with van der Waals surface area (Å²) < 4.78 is 36.7. The number of hydrogen-bond acceptors (Lipinski definition) is 6. The van der Waals surface area contributed by atoms with Crippen molar-refractivity contribution < 1.29 is 22.7 Å². The molecule has 0 bridgehead atoms. The number of anilines is 2. The normalized spacial score (nSPS) is 14.8. The van der Waals surface area contributed by atoms with Gasteiger partial charge in [-0.2, -0.15) is 0 Å². The highest BCUT2D eigenvalue weighted by atomic mass is 32.2. The molecule has 0 aromatic heterocycles. The van der Waals surface area contributed by atoms with Gasteiger partial charge in [-0.05, 0) is 36.6 Å². The number of hydrogen-bond donors (Lipinski definition) is 1. The van der Waals surface area contributed by atoms with Gasteiger partial charge in [-0.1, -0.05) is 18.2 Å². The van der Waals surface area contributed by atoms with Crippen LogP contribution in [0.1, 0.15) is 12.0 Å². The van der Waals surface area contributed by atoms with Crippen LogP contribution in [0, 0.1) is 0 Å². The molecule has 31 heavy (non-hydrogen) atoms. The van der Waals surface area contributed by atoms with E-state index < -0.39 is 10.0 Å². The molecule has 1 N–H and O–H groups in total. The zero-order chi connectivity index (χ0) is 21.8. The Morgan fingerprint density at radius 3 is 2.71 bits per heavy atom. The van der Waals surface area contributed by atoms with Crippen LogP contribution in [0.25, 0.3) is 0 Å². The first kappa shape index (κ1) is 21.3. The van der Waals surface area contributed by atoms with E-state index in [1.807, 2.05) is 6.07 Å². The van der Waals surface area contributed by atoms with Gasteiger partial charge in [0.15, 0.2) is 11.5 Å². The van der Waals surface area contributed by atoms with Crippen LogP contribution < -0.4 is 24.0 Å². The Hall–Kier alpha value is -2.94. The van der Waals surface area contributed by atoms with E-state index >= 15 is 0 Å². The number of carbonyl (C=O) groups is 1. The molecule has 1 amide bonds. The minimum absolute atomic E-state index is 0.287. The van der Waals surface area contributed by atoms with Crippen LogP contribution in [-0.4, -0.2) is 60.0 Å². The summed E-state index contributed by atoms with van der Waals surface area (Å²) in [7, 11) is -3.65. The van der Waals surface area contributed by atoms with Gasteiger partial charge >= 0.3 is 0 Å². The molecule has 2 aromatic carbocycles. The zero-order valence-corrected chi connectivity index (χ0v) is 18.4. The highest BCUT2D eigenvalue weighted by molar-refractivity contribution is 7.92. The molecule has 2 aromatic rings. The molecular formula is C22H27N3O5S. The zero-order valence-electron chi connectivity index (χ0n) is 17.5. The minimum atomic E-state index is -3.65. The summed E-state index contributed by atoms with van der Waals surface area (Å²) in [6.07, 6.45) is 2.91. The van der Waals surface area contributed by atoms with Crippen LogP contribution in [0.5, 0.6) is 11.5 Å². The third kappa shape index (κ3) is 5.04. The lowest BCUT2D eigenvalue weighted by molar-refractivity contribution is -0.119. The maximum absolute atomic E-state index is 12.5. The van der Waals surface area contributed by atoms with Gasteiger partial charge in [0, 0.05) is 31.4 Å². The van der Waals surface area contributed by atoms with Crippen molar-refractivity contribution in [3.63, 3.8) is 0 Å². The Bertz CT molecular complexity index is 1060. The van der Waals surface area contributed by atoms with Crippen molar-refractivity contribution in [1.82, 2.24) is 5.32 Å². The summed E-state index contributed by atoms with van der Waals surface area (Å²) in [5, 5.41) is 2.84. The number of rotatable bonds is 8. The minimum Gasteiger partial charge on any atom is -0.486 e. The second-order valence-electron chi connectivity index (χ2n) is 7.67. The number of ether oxygens (including phenoxy) is 2. The summed E-state index contributed by atoms with van der Waals surface area (Å²) in [6.45, 7) is 2.88. The van der Waals surface area contributed by atoms with E-state index in [1.165, 1.54) is 11.3 Å². The van der Waals surface area contributed by atoms with Crippen LogP contribution in [0.3, 0.4) is 0 Å². The van der Waals surface area contributed by atoms with E-state index in [0.717, 1.165) is 36.5 Å².